The van der Waals surface area contributed by atoms with Crippen LogP contribution < -0.4 is 5.32 Å². The number of oxazole rings is 1. The van der Waals surface area contributed by atoms with E-state index in [1.165, 1.54) is 0 Å². The van der Waals surface area contributed by atoms with Gasteiger partial charge in [-0.15, -0.1) is 0 Å². The number of carbonyl (C=O) groups is 1. The highest BCUT2D eigenvalue weighted by atomic mass is 35.5. The Hall–Kier alpha value is -1.85. The maximum absolute atomic E-state index is 12.4. The lowest BCUT2D eigenvalue weighted by atomic mass is 10.1. The molecule has 6 heteroatoms. The molecule has 1 aliphatic heterocycles. The summed E-state index contributed by atoms with van der Waals surface area (Å²) >= 11 is 5.88. The molecule has 2 atom stereocenters. The second kappa shape index (κ2) is 6.72. The molecule has 23 heavy (non-hydrogen) atoms. The molecule has 1 fully saturated rings. The van der Waals surface area contributed by atoms with Crippen LogP contribution in [0, 0.1) is 0 Å². The molecule has 0 spiro atoms. The molecule has 0 bridgehead atoms. The molecule has 3 rings (SSSR count). The summed E-state index contributed by atoms with van der Waals surface area (Å²) in [5.74, 6) is 0.590. The van der Waals surface area contributed by atoms with Gasteiger partial charge in [0.2, 0.25) is 11.8 Å². The van der Waals surface area contributed by atoms with Crippen molar-refractivity contribution in [2.75, 3.05) is 13.1 Å². The summed E-state index contributed by atoms with van der Waals surface area (Å²) in [7, 11) is 0. The molecule has 1 aromatic heterocycles. The van der Waals surface area contributed by atoms with Gasteiger partial charge in [-0.3, -0.25) is 4.79 Å². The first-order valence-corrected chi connectivity index (χ1v) is 8.13. The lowest BCUT2D eigenvalue weighted by Gasteiger charge is -2.36. The zero-order valence-corrected chi connectivity index (χ0v) is 14.0. The van der Waals surface area contributed by atoms with Gasteiger partial charge in [0.15, 0.2) is 0 Å². The van der Waals surface area contributed by atoms with Crippen molar-refractivity contribution < 1.29 is 9.21 Å². The molecule has 1 aromatic carbocycles. The Balaban J connectivity index is 1.66. The van der Waals surface area contributed by atoms with Crippen LogP contribution in [0.4, 0.5) is 0 Å². The number of benzene rings is 1. The first-order chi connectivity index (χ1) is 11.0. The molecule has 2 aromatic rings. The average Bonchev–Trinajstić information content (AvgIpc) is 2.95. The van der Waals surface area contributed by atoms with E-state index in [0.717, 1.165) is 18.7 Å². The van der Waals surface area contributed by atoms with Crippen LogP contribution in [-0.4, -0.2) is 41.0 Å². The minimum absolute atomic E-state index is 0.0844. The highest BCUT2D eigenvalue weighted by Gasteiger charge is 2.25. The second-order valence-corrected chi connectivity index (χ2v) is 6.53. The molecule has 1 amide bonds. The topological polar surface area (TPSA) is 58.4 Å². The molecule has 1 N–H and O–H groups in total. The van der Waals surface area contributed by atoms with E-state index in [2.05, 4.69) is 24.1 Å². The van der Waals surface area contributed by atoms with Gasteiger partial charge in [-0.25, -0.2) is 4.98 Å². The van der Waals surface area contributed by atoms with Crippen molar-refractivity contribution in [3.05, 3.63) is 41.2 Å². The number of piperazine rings is 1. The Kier molecular flexibility index (Phi) is 4.68. The summed E-state index contributed by atoms with van der Waals surface area (Å²) in [5.41, 5.74) is 1.50. The Labute approximate surface area is 140 Å². The number of carbonyl (C=O) groups excluding carboxylic acids is 1. The number of rotatable bonds is 3. The van der Waals surface area contributed by atoms with Crippen molar-refractivity contribution in [2.24, 2.45) is 0 Å². The number of nitrogens with zero attached hydrogens (tertiary/aromatic N) is 2. The maximum atomic E-state index is 12.4. The number of amides is 1. The number of hydrogen-bond donors (Lipinski definition) is 1. The van der Waals surface area contributed by atoms with Crippen LogP contribution in [-0.2, 0) is 11.2 Å². The maximum Gasteiger partial charge on any atom is 0.228 e. The van der Waals surface area contributed by atoms with Crippen LogP contribution in [0.2, 0.25) is 5.02 Å². The van der Waals surface area contributed by atoms with E-state index in [1.54, 1.807) is 18.4 Å². The van der Waals surface area contributed by atoms with Crippen molar-refractivity contribution in [3.63, 3.8) is 0 Å². The molecule has 122 valence electrons. The van der Waals surface area contributed by atoms with Crippen LogP contribution in [0.3, 0.4) is 0 Å². The van der Waals surface area contributed by atoms with E-state index in [0.29, 0.717) is 28.7 Å². The van der Waals surface area contributed by atoms with Crippen LogP contribution >= 0.6 is 11.6 Å². The lowest BCUT2D eigenvalue weighted by Crippen LogP contribution is -2.56. The fourth-order valence-corrected chi connectivity index (χ4v) is 3.04. The first kappa shape index (κ1) is 16.0. The van der Waals surface area contributed by atoms with Gasteiger partial charge in [0.25, 0.3) is 0 Å². The molecule has 0 radical (unpaired) electrons. The third kappa shape index (κ3) is 3.92. The highest BCUT2D eigenvalue weighted by Crippen LogP contribution is 2.21. The van der Waals surface area contributed by atoms with Gasteiger partial charge in [0.1, 0.15) is 6.26 Å². The van der Waals surface area contributed by atoms with E-state index in [4.69, 9.17) is 16.0 Å². The number of aromatic nitrogens is 1. The molecule has 5 nitrogen and oxygen atoms in total. The van der Waals surface area contributed by atoms with E-state index >= 15 is 0 Å². The van der Waals surface area contributed by atoms with Gasteiger partial charge in [0, 0.05) is 35.8 Å². The Morgan fingerprint density at radius 3 is 2.61 bits per heavy atom. The predicted octanol–water partition coefficient (Wildman–Crippen LogP) is 2.75. The SMILES string of the molecule is C[C@@H]1CN(C(=O)Cc2coc(-c3ccc(Cl)cc3)n2)C[C@H](C)N1. The summed E-state index contributed by atoms with van der Waals surface area (Å²) in [4.78, 5) is 18.7. The van der Waals surface area contributed by atoms with E-state index in [1.807, 2.05) is 17.0 Å². The third-order valence-corrected chi connectivity index (χ3v) is 4.14. The fourth-order valence-electron chi connectivity index (χ4n) is 2.91. The van der Waals surface area contributed by atoms with Crippen LogP contribution in [0.1, 0.15) is 19.5 Å². The van der Waals surface area contributed by atoms with Crippen LogP contribution in [0.25, 0.3) is 11.5 Å². The molecular weight excluding hydrogens is 314 g/mol. The Morgan fingerprint density at radius 2 is 1.96 bits per heavy atom. The zero-order valence-electron chi connectivity index (χ0n) is 13.3. The fraction of sp³-hybridized carbons (Fsp3) is 0.412. The minimum Gasteiger partial charge on any atom is -0.444 e. The lowest BCUT2D eigenvalue weighted by molar-refractivity contribution is -0.132. The number of halogens is 1. The van der Waals surface area contributed by atoms with E-state index in [9.17, 15) is 4.79 Å². The van der Waals surface area contributed by atoms with Crippen molar-refractivity contribution in [1.82, 2.24) is 15.2 Å². The molecule has 1 saturated heterocycles. The molecule has 1 aliphatic rings. The smallest absolute Gasteiger partial charge is 0.228 e. The standard InChI is InChI=1S/C17H20ClN3O2/c1-11-8-21(9-12(2)19-11)16(22)7-15-10-23-17(20-15)13-3-5-14(18)6-4-13/h3-6,10-12,19H,7-9H2,1-2H3/t11-,12+. The van der Waals surface area contributed by atoms with Crippen molar-refractivity contribution in [3.8, 4) is 11.5 Å². The van der Waals surface area contributed by atoms with Crippen LogP contribution in [0.15, 0.2) is 34.9 Å². The van der Waals surface area contributed by atoms with Gasteiger partial charge in [-0.05, 0) is 38.1 Å². The average molecular weight is 334 g/mol. The molecule has 0 saturated carbocycles. The first-order valence-electron chi connectivity index (χ1n) is 7.75. The quantitative estimate of drug-likeness (QED) is 0.938. The molecule has 2 heterocycles. The van der Waals surface area contributed by atoms with Gasteiger partial charge >= 0.3 is 0 Å². The highest BCUT2D eigenvalue weighted by molar-refractivity contribution is 6.30. The third-order valence-electron chi connectivity index (χ3n) is 3.89. The van der Waals surface area contributed by atoms with Crippen LogP contribution in [0.5, 0.6) is 0 Å². The van der Waals surface area contributed by atoms with E-state index in [-0.39, 0.29) is 12.3 Å². The summed E-state index contributed by atoms with van der Waals surface area (Å²) in [5, 5.41) is 4.08. The van der Waals surface area contributed by atoms with Gasteiger partial charge in [0.05, 0.1) is 12.1 Å². The van der Waals surface area contributed by atoms with E-state index < -0.39 is 0 Å². The summed E-state index contributed by atoms with van der Waals surface area (Å²) in [6.45, 7) is 5.63. The Morgan fingerprint density at radius 1 is 1.30 bits per heavy atom. The normalized spacial score (nSPS) is 21.4. The monoisotopic (exact) mass is 333 g/mol. The summed E-state index contributed by atoms with van der Waals surface area (Å²) < 4.78 is 5.48. The number of nitrogens with one attached hydrogen (secondary N) is 1. The molecular formula is C17H20ClN3O2. The summed E-state index contributed by atoms with van der Waals surface area (Å²) in [6, 6.07) is 7.89. The minimum atomic E-state index is 0.0844. The van der Waals surface area contributed by atoms with Crippen molar-refractivity contribution >= 4 is 17.5 Å². The van der Waals surface area contributed by atoms with Gasteiger partial charge in [-0.2, -0.15) is 0 Å². The Bertz CT molecular complexity index is 673. The van der Waals surface area contributed by atoms with Crippen molar-refractivity contribution in [1.29, 1.82) is 0 Å². The van der Waals surface area contributed by atoms with Crippen molar-refractivity contribution in [2.45, 2.75) is 32.4 Å². The van der Waals surface area contributed by atoms with Gasteiger partial charge < -0.3 is 14.6 Å². The van der Waals surface area contributed by atoms with Gasteiger partial charge in [-0.1, -0.05) is 11.6 Å². The zero-order chi connectivity index (χ0) is 16.4. The predicted molar refractivity (Wildman–Crippen MR) is 89.3 cm³/mol. The molecule has 0 aliphatic carbocycles. The molecule has 0 unspecified atom stereocenters. The number of hydrogen-bond acceptors (Lipinski definition) is 4. The largest absolute Gasteiger partial charge is 0.444 e. The summed E-state index contributed by atoms with van der Waals surface area (Å²) in [6.07, 6.45) is 1.81. The second-order valence-electron chi connectivity index (χ2n) is 6.10.